The highest BCUT2D eigenvalue weighted by molar-refractivity contribution is 5.71. The van der Waals surface area contributed by atoms with E-state index in [9.17, 15) is 19.5 Å². The molecule has 1 N–H and O–H groups in total. The predicted molar refractivity (Wildman–Crippen MR) is 364 cm³/mol. The van der Waals surface area contributed by atoms with E-state index in [1.165, 1.54) is 218 Å². The number of rotatable bonds is 66. The number of esters is 2. The summed E-state index contributed by atoms with van der Waals surface area (Å²) < 4.78 is 23.0. The standard InChI is InChI=1S/C76H135NO8/c1-6-8-10-12-14-16-18-20-22-24-26-28-29-30-31-32-33-34-35-36-37-38-39-40-41-42-43-44-45-47-49-51-53-55-57-59-61-63-65-67-74(79)85-72(71-84-76(75(80)81)82-69-68-77(3,4)5)70-83-73(78)66-64-62-60-58-56-54-52-50-48-46-27-25-23-21-19-17-15-13-11-9-7-2/h8,10,14,16,19-22,25-28,30-31,72,76H,6-7,9,11-13,15,17-18,23-24,29,32-71H2,1-5H3/p+1/b10-8-,16-14-,21-19-,22-20-,27-25-,28-26-,31-30-. The molecule has 0 radical (unpaired) electrons. The second kappa shape index (κ2) is 66.4. The van der Waals surface area contributed by atoms with Crippen molar-refractivity contribution in [2.24, 2.45) is 0 Å². The first-order chi connectivity index (χ1) is 41.6. The van der Waals surface area contributed by atoms with Crippen LogP contribution in [0.4, 0.5) is 0 Å². The van der Waals surface area contributed by atoms with Crippen LogP contribution in [0.5, 0.6) is 0 Å². The summed E-state index contributed by atoms with van der Waals surface area (Å²) >= 11 is 0. The molecule has 85 heavy (non-hydrogen) atoms. The van der Waals surface area contributed by atoms with Gasteiger partial charge in [0.2, 0.25) is 0 Å². The number of nitrogens with zero attached hydrogens (tertiary/aromatic N) is 1. The number of hydrogen-bond acceptors (Lipinski definition) is 7. The first-order valence-corrected chi connectivity index (χ1v) is 35.8. The Kier molecular flexibility index (Phi) is 63.7. The number of aliphatic carboxylic acids is 1. The number of carbonyl (C=O) groups excluding carboxylic acids is 2. The van der Waals surface area contributed by atoms with Crippen molar-refractivity contribution in [2.75, 3.05) is 47.5 Å². The van der Waals surface area contributed by atoms with Gasteiger partial charge in [-0.15, -0.1) is 0 Å². The summed E-state index contributed by atoms with van der Waals surface area (Å²) in [6.45, 7) is 4.79. The van der Waals surface area contributed by atoms with Crippen LogP contribution in [-0.4, -0.2) is 87.4 Å². The van der Waals surface area contributed by atoms with E-state index in [2.05, 4.69) is 98.9 Å². The van der Waals surface area contributed by atoms with Crippen molar-refractivity contribution in [3.63, 3.8) is 0 Å². The maximum absolute atomic E-state index is 12.9. The molecule has 0 aliphatic carbocycles. The van der Waals surface area contributed by atoms with Crippen molar-refractivity contribution in [1.82, 2.24) is 0 Å². The van der Waals surface area contributed by atoms with Crippen molar-refractivity contribution in [1.29, 1.82) is 0 Å². The minimum atomic E-state index is -1.51. The zero-order chi connectivity index (χ0) is 61.9. The Balaban J connectivity index is 4.01. The van der Waals surface area contributed by atoms with Gasteiger partial charge in [0.1, 0.15) is 13.2 Å². The molecule has 0 aromatic carbocycles. The van der Waals surface area contributed by atoms with Crippen molar-refractivity contribution < 1.29 is 42.9 Å². The van der Waals surface area contributed by atoms with E-state index in [-0.39, 0.29) is 32.2 Å². The van der Waals surface area contributed by atoms with E-state index in [0.717, 1.165) is 77.0 Å². The van der Waals surface area contributed by atoms with Gasteiger partial charge in [-0.05, 0) is 89.9 Å². The van der Waals surface area contributed by atoms with Gasteiger partial charge in [0, 0.05) is 12.8 Å². The summed E-state index contributed by atoms with van der Waals surface area (Å²) in [5, 5.41) is 9.74. The zero-order valence-electron chi connectivity index (χ0n) is 56.3. The van der Waals surface area contributed by atoms with E-state index in [4.69, 9.17) is 18.9 Å². The van der Waals surface area contributed by atoms with E-state index >= 15 is 0 Å². The van der Waals surface area contributed by atoms with E-state index in [1.807, 2.05) is 21.1 Å². The van der Waals surface area contributed by atoms with Crippen LogP contribution < -0.4 is 0 Å². The molecule has 0 aliphatic rings. The molecule has 0 aliphatic heterocycles. The number of allylic oxidation sites excluding steroid dienone is 14. The zero-order valence-corrected chi connectivity index (χ0v) is 56.3. The van der Waals surface area contributed by atoms with Gasteiger partial charge >= 0.3 is 17.9 Å². The van der Waals surface area contributed by atoms with E-state index in [1.54, 1.807) is 0 Å². The largest absolute Gasteiger partial charge is 0.477 e. The summed E-state index contributed by atoms with van der Waals surface area (Å²) in [6, 6.07) is 0. The van der Waals surface area contributed by atoms with Crippen LogP contribution in [0.3, 0.4) is 0 Å². The first kappa shape index (κ1) is 81.5. The maximum Gasteiger partial charge on any atom is 0.361 e. The third-order valence-corrected chi connectivity index (χ3v) is 15.6. The van der Waals surface area contributed by atoms with Crippen LogP contribution in [0.15, 0.2) is 85.1 Å². The third-order valence-electron chi connectivity index (χ3n) is 15.6. The normalized spacial score (nSPS) is 13.2. The van der Waals surface area contributed by atoms with Crippen LogP contribution >= 0.6 is 0 Å². The Bertz CT molecular complexity index is 1670. The monoisotopic (exact) mass is 1190 g/mol. The fourth-order valence-electron chi connectivity index (χ4n) is 10.2. The number of quaternary nitrogens is 1. The average Bonchev–Trinajstić information content (AvgIpc) is 3.49. The topological polar surface area (TPSA) is 108 Å². The van der Waals surface area contributed by atoms with E-state index in [0.29, 0.717) is 17.4 Å². The lowest BCUT2D eigenvalue weighted by atomic mass is 10.0. The molecule has 9 nitrogen and oxygen atoms in total. The SMILES string of the molecule is CC/C=C\C/C=C\C/C=C\C/C=C\C/C=C\CCCCCCCCCCCCCCCCCCCCCCCCCC(=O)OC(COC(=O)CCCCCCCCCCC/C=C\C/C=C\CCCCCCC)COC(OCC[N+](C)(C)C)C(=O)O. The molecule has 0 saturated heterocycles. The molecule has 0 heterocycles. The number of carboxylic acid groups (broad SMARTS) is 1. The number of ether oxygens (including phenoxy) is 4. The summed E-state index contributed by atoms with van der Waals surface area (Å²) in [5.41, 5.74) is 0. The molecule has 0 rings (SSSR count). The van der Waals surface area contributed by atoms with Crippen molar-refractivity contribution in [3.05, 3.63) is 85.1 Å². The third kappa shape index (κ3) is 67.8. The fourth-order valence-corrected chi connectivity index (χ4v) is 10.2. The second-order valence-corrected chi connectivity index (χ2v) is 25.2. The van der Waals surface area contributed by atoms with Crippen LogP contribution in [0, 0.1) is 0 Å². The van der Waals surface area contributed by atoms with E-state index < -0.39 is 24.3 Å². The number of likely N-dealkylation sites (N-methyl/N-ethyl adjacent to an activating group) is 1. The summed E-state index contributed by atoms with van der Waals surface area (Å²) in [7, 11) is 5.98. The highest BCUT2D eigenvalue weighted by Gasteiger charge is 2.25. The minimum absolute atomic E-state index is 0.183. The molecule has 0 fully saturated rings. The molecular formula is C76H136NO8+. The Labute approximate surface area is 525 Å². The van der Waals surface area contributed by atoms with Crippen LogP contribution in [0.25, 0.3) is 0 Å². The lowest BCUT2D eigenvalue weighted by Gasteiger charge is -2.25. The highest BCUT2D eigenvalue weighted by Crippen LogP contribution is 2.18. The van der Waals surface area contributed by atoms with Gasteiger partial charge in [0.25, 0.3) is 6.29 Å². The van der Waals surface area contributed by atoms with Gasteiger partial charge in [0.05, 0.1) is 34.4 Å². The Morgan fingerprint density at radius 2 is 0.671 bits per heavy atom. The number of hydrogen-bond donors (Lipinski definition) is 1. The summed E-state index contributed by atoms with van der Waals surface area (Å²) in [6.07, 6.45) is 87.1. The van der Waals surface area contributed by atoms with Gasteiger partial charge in [-0.1, -0.05) is 304 Å². The van der Waals surface area contributed by atoms with Crippen molar-refractivity contribution in [3.8, 4) is 0 Å². The van der Waals surface area contributed by atoms with Crippen molar-refractivity contribution in [2.45, 2.75) is 334 Å². The Morgan fingerprint density at radius 1 is 0.365 bits per heavy atom. The lowest BCUT2D eigenvalue weighted by Crippen LogP contribution is -2.40. The first-order valence-electron chi connectivity index (χ1n) is 35.8. The number of carbonyl (C=O) groups is 3. The van der Waals surface area contributed by atoms with Crippen LogP contribution in [-0.2, 0) is 33.3 Å². The van der Waals surface area contributed by atoms with Gasteiger partial charge in [-0.3, -0.25) is 9.59 Å². The maximum atomic E-state index is 12.9. The summed E-state index contributed by atoms with van der Waals surface area (Å²) in [5.74, 6) is -1.99. The quantitative estimate of drug-likeness (QED) is 0.0211. The number of unbranched alkanes of at least 4 members (excludes halogenated alkanes) is 37. The average molecular weight is 1190 g/mol. The Hall–Kier alpha value is -3.53. The molecule has 0 saturated carbocycles. The summed E-state index contributed by atoms with van der Waals surface area (Å²) in [4.78, 5) is 37.6. The molecule has 9 heteroatoms. The van der Waals surface area contributed by atoms with Crippen LogP contribution in [0.2, 0.25) is 0 Å². The van der Waals surface area contributed by atoms with Crippen LogP contribution in [0.1, 0.15) is 322 Å². The molecular weight excluding hydrogens is 1050 g/mol. The molecule has 2 unspecified atom stereocenters. The molecule has 0 aromatic heterocycles. The lowest BCUT2D eigenvalue weighted by molar-refractivity contribution is -0.870. The molecule has 0 aromatic rings. The molecule has 0 spiro atoms. The van der Waals surface area contributed by atoms with Gasteiger partial charge in [-0.25, -0.2) is 4.79 Å². The smallest absolute Gasteiger partial charge is 0.361 e. The molecule has 492 valence electrons. The molecule has 2 atom stereocenters. The highest BCUT2D eigenvalue weighted by atomic mass is 16.7. The van der Waals surface area contributed by atoms with Gasteiger partial charge in [0.15, 0.2) is 6.10 Å². The van der Waals surface area contributed by atoms with Gasteiger partial charge in [-0.2, -0.15) is 0 Å². The fraction of sp³-hybridized carbons (Fsp3) is 0.776. The second-order valence-electron chi connectivity index (χ2n) is 25.2. The predicted octanol–water partition coefficient (Wildman–Crippen LogP) is 22.2. The Morgan fingerprint density at radius 3 is 1.00 bits per heavy atom. The van der Waals surface area contributed by atoms with Crippen molar-refractivity contribution >= 4 is 17.9 Å². The molecule has 0 bridgehead atoms. The number of carboxylic acids is 1. The molecule has 0 amide bonds. The minimum Gasteiger partial charge on any atom is -0.477 e. The van der Waals surface area contributed by atoms with Gasteiger partial charge < -0.3 is 28.5 Å².